The van der Waals surface area contributed by atoms with Crippen LogP contribution in [0.15, 0.2) is 42.5 Å². The van der Waals surface area contributed by atoms with E-state index in [4.69, 9.17) is 11.6 Å². The zero-order chi connectivity index (χ0) is 23.3. The van der Waals surface area contributed by atoms with Crippen molar-refractivity contribution in [1.82, 2.24) is 10.2 Å². The number of aryl methyl sites for hydroxylation is 2. The second-order valence-electron chi connectivity index (χ2n) is 7.44. The van der Waals surface area contributed by atoms with Gasteiger partial charge < -0.3 is 10.2 Å². The average molecular weight is 466 g/mol. The third-order valence-corrected chi connectivity index (χ3v) is 6.68. The number of anilines is 1. The molecule has 7 nitrogen and oxygen atoms in total. The first kappa shape index (κ1) is 24.7. The van der Waals surface area contributed by atoms with Crippen LogP contribution in [0, 0.1) is 13.8 Å². The van der Waals surface area contributed by atoms with Crippen LogP contribution in [0.1, 0.15) is 23.6 Å². The number of carbonyl (C=O) groups excluding carboxylic acids is 2. The molecule has 31 heavy (non-hydrogen) atoms. The Morgan fingerprint density at radius 1 is 1.10 bits per heavy atom. The van der Waals surface area contributed by atoms with Gasteiger partial charge in [0.2, 0.25) is 21.8 Å². The number of carbonyl (C=O) groups is 2. The summed E-state index contributed by atoms with van der Waals surface area (Å²) in [6.45, 7) is 5.02. The summed E-state index contributed by atoms with van der Waals surface area (Å²) in [4.78, 5) is 26.9. The van der Waals surface area contributed by atoms with Crippen LogP contribution in [0.25, 0.3) is 0 Å². The monoisotopic (exact) mass is 465 g/mol. The van der Waals surface area contributed by atoms with Crippen molar-refractivity contribution in [2.75, 3.05) is 24.2 Å². The Bertz CT molecular complexity index is 1070. The number of sulfonamides is 1. The van der Waals surface area contributed by atoms with Gasteiger partial charge in [-0.15, -0.1) is 0 Å². The van der Waals surface area contributed by atoms with Gasteiger partial charge in [0, 0.05) is 18.6 Å². The Balaban J connectivity index is 2.42. The second kappa shape index (κ2) is 10.2. The molecule has 0 unspecified atom stereocenters. The molecule has 0 aliphatic carbocycles. The third kappa shape index (κ3) is 6.21. The normalized spacial score (nSPS) is 12.2. The van der Waals surface area contributed by atoms with E-state index in [1.54, 1.807) is 43.3 Å². The summed E-state index contributed by atoms with van der Waals surface area (Å²) in [5.41, 5.74) is 2.97. The van der Waals surface area contributed by atoms with E-state index in [9.17, 15) is 18.0 Å². The van der Waals surface area contributed by atoms with Crippen molar-refractivity contribution < 1.29 is 18.0 Å². The number of amides is 2. The van der Waals surface area contributed by atoms with Crippen molar-refractivity contribution in [2.45, 2.75) is 33.4 Å². The molecule has 168 valence electrons. The fourth-order valence-corrected chi connectivity index (χ4v) is 4.13. The summed E-state index contributed by atoms with van der Waals surface area (Å²) in [7, 11) is -2.27. The lowest BCUT2D eigenvalue weighted by atomic mass is 10.1. The number of halogens is 1. The predicted molar refractivity (Wildman–Crippen MR) is 124 cm³/mol. The number of likely N-dealkylation sites (N-methyl/N-ethyl adjacent to an activating group) is 1. The summed E-state index contributed by atoms with van der Waals surface area (Å²) < 4.78 is 26.1. The molecule has 0 bridgehead atoms. The lowest BCUT2D eigenvalue weighted by molar-refractivity contribution is -0.139. The van der Waals surface area contributed by atoms with Crippen molar-refractivity contribution in [3.63, 3.8) is 0 Å². The highest BCUT2D eigenvalue weighted by Gasteiger charge is 2.30. The first-order chi connectivity index (χ1) is 14.5. The Kier molecular flexibility index (Phi) is 8.08. The van der Waals surface area contributed by atoms with Gasteiger partial charge in [0.15, 0.2) is 0 Å². The Morgan fingerprint density at radius 2 is 1.74 bits per heavy atom. The van der Waals surface area contributed by atoms with Crippen molar-refractivity contribution in [3.05, 3.63) is 64.2 Å². The second-order valence-corrected chi connectivity index (χ2v) is 9.76. The molecule has 0 heterocycles. The van der Waals surface area contributed by atoms with E-state index in [2.05, 4.69) is 5.32 Å². The van der Waals surface area contributed by atoms with Crippen molar-refractivity contribution >= 4 is 39.1 Å². The molecular weight excluding hydrogens is 438 g/mol. The minimum atomic E-state index is -3.75. The molecule has 2 amide bonds. The standard InChI is InChI=1S/C22H28ClN3O4S/c1-15-10-11-19(12-16(15)2)26(31(5,29)30)14-21(27)25(17(3)22(28)24-4)13-18-8-6-7-9-20(18)23/h6-12,17H,13-14H2,1-5H3,(H,24,28)/t17-/m1/s1. The van der Waals surface area contributed by atoms with Crippen LogP contribution in [-0.2, 0) is 26.2 Å². The smallest absolute Gasteiger partial charge is 0.244 e. The minimum absolute atomic E-state index is 0.0671. The highest BCUT2D eigenvalue weighted by atomic mass is 35.5. The zero-order valence-corrected chi connectivity index (χ0v) is 19.9. The lowest BCUT2D eigenvalue weighted by Crippen LogP contribution is -2.50. The zero-order valence-electron chi connectivity index (χ0n) is 18.3. The maximum absolute atomic E-state index is 13.3. The van der Waals surface area contributed by atoms with Gasteiger partial charge >= 0.3 is 0 Å². The molecule has 1 N–H and O–H groups in total. The summed E-state index contributed by atoms with van der Waals surface area (Å²) >= 11 is 6.25. The van der Waals surface area contributed by atoms with Crippen LogP contribution in [0.3, 0.4) is 0 Å². The van der Waals surface area contributed by atoms with Crippen LogP contribution in [-0.4, -0.2) is 51.0 Å². The highest BCUT2D eigenvalue weighted by Crippen LogP contribution is 2.23. The number of hydrogen-bond donors (Lipinski definition) is 1. The summed E-state index contributed by atoms with van der Waals surface area (Å²) in [6, 6.07) is 11.4. The Labute approximate surface area is 189 Å². The molecule has 9 heteroatoms. The van der Waals surface area contributed by atoms with Crippen molar-refractivity contribution in [1.29, 1.82) is 0 Å². The molecule has 1 atom stereocenters. The van der Waals surface area contributed by atoms with E-state index >= 15 is 0 Å². The maximum atomic E-state index is 13.3. The quantitative estimate of drug-likeness (QED) is 0.649. The van der Waals surface area contributed by atoms with Crippen LogP contribution >= 0.6 is 11.6 Å². The van der Waals surface area contributed by atoms with Gasteiger partial charge in [-0.1, -0.05) is 35.9 Å². The van der Waals surface area contributed by atoms with Gasteiger partial charge in [0.05, 0.1) is 11.9 Å². The van der Waals surface area contributed by atoms with Crippen LogP contribution in [0.2, 0.25) is 5.02 Å². The first-order valence-corrected chi connectivity index (χ1v) is 12.0. The Morgan fingerprint density at radius 3 is 2.29 bits per heavy atom. The first-order valence-electron chi connectivity index (χ1n) is 9.75. The van der Waals surface area contributed by atoms with Crippen LogP contribution < -0.4 is 9.62 Å². The van der Waals surface area contributed by atoms with Crippen LogP contribution in [0.5, 0.6) is 0 Å². The summed E-state index contributed by atoms with van der Waals surface area (Å²) in [5, 5.41) is 2.99. The molecule has 0 aliphatic heterocycles. The molecule has 2 aromatic rings. The van der Waals surface area contributed by atoms with E-state index in [0.717, 1.165) is 21.7 Å². The number of rotatable bonds is 8. The molecule has 0 saturated carbocycles. The lowest BCUT2D eigenvalue weighted by Gasteiger charge is -2.31. The number of benzene rings is 2. The number of hydrogen-bond acceptors (Lipinski definition) is 4. The molecule has 2 rings (SSSR count). The van der Waals surface area contributed by atoms with Gasteiger partial charge in [0.1, 0.15) is 12.6 Å². The van der Waals surface area contributed by atoms with Crippen molar-refractivity contribution in [2.24, 2.45) is 0 Å². The van der Waals surface area contributed by atoms with Gasteiger partial charge in [-0.25, -0.2) is 8.42 Å². The van der Waals surface area contributed by atoms with Gasteiger partial charge in [-0.3, -0.25) is 13.9 Å². The topological polar surface area (TPSA) is 86.8 Å². The van der Waals surface area contributed by atoms with Gasteiger partial charge in [0.25, 0.3) is 0 Å². The van der Waals surface area contributed by atoms with E-state index < -0.39 is 28.5 Å². The SMILES string of the molecule is CNC(=O)[C@@H](C)N(Cc1ccccc1Cl)C(=O)CN(c1ccc(C)c(C)c1)S(C)(=O)=O. The fraction of sp³-hybridized carbons (Fsp3) is 0.364. The van der Waals surface area contributed by atoms with Gasteiger partial charge in [-0.05, 0) is 55.7 Å². The predicted octanol–water partition coefficient (Wildman–Crippen LogP) is 2.89. The molecule has 2 aromatic carbocycles. The van der Waals surface area contributed by atoms with E-state index in [1.807, 2.05) is 19.9 Å². The molecule has 0 radical (unpaired) electrons. The largest absolute Gasteiger partial charge is 0.357 e. The Hall–Kier alpha value is -2.58. The molecule has 0 spiro atoms. The van der Waals surface area contributed by atoms with E-state index in [1.165, 1.54) is 11.9 Å². The van der Waals surface area contributed by atoms with Crippen LogP contribution in [0.4, 0.5) is 5.69 Å². The number of nitrogens with one attached hydrogen (secondary N) is 1. The third-order valence-electron chi connectivity index (χ3n) is 5.17. The minimum Gasteiger partial charge on any atom is -0.357 e. The number of nitrogens with zero attached hydrogens (tertiary/aromatic N) is 2. The molecule has 0 saturated heterocycles. The molecule has 0 aromatic heterocycles. The van der Waals surface area contributed by atoms with E-state index in [0.29, 0.717) is 16.3 Å². The fourth-order valence-electron chi connectivity index (χ4n) is 3.10. The summed E-state index contributed by atoms with van der Waals surface area (Å²) in [6.07, 6.45) is 1.05. The summed E-state index contributed by atoms with van der Waals surface area (Å²) in [5.74, 6) is -0.878. The molecule has 0 aliphatic rings. The molecule has 0 fully saturated rings. The average Bonchev–Trinajstić information content (AvgIpc) is 2.71. The maximum Gasteiger partial charge on any atom is 0.244 e. The van der Waals surface area contributed by atoms with Crippen molar-refractivity contribution in [3.8, 4) is 0 Å². The highest BCUT2D eigenvalue weighted by molar-refractivity contribution is 7.92. The van der Waals surface area contributed by atoms with Gasteiger partial charge in [-0.2, -0.15) is 0 Å². The molecular formula is C22H28ClN3O4S. The van der Waals surface area contributed by atoms with E-state index in [-0.39, 0.29) is 12.5 Å².